The second-order valence-corrected chi connectivity index (χ2v) is 3.98. The highest BCUT2D eigenvalue weighted by atomic mass is 35.5. The molecular formula is C8H7ClN2OS. The van der Waals surface area contributed by atoms with E-state index in [-0.39, 0.29) is 5.91 Å². The lowest BCUT2D eigenvalue weighted by Crippen LogP contribution is -2.23. The van der Waals surface area contributed by atoms with E-state index in [0.717, 1.165) is 0 Å². The van der Waals surface area contributed by atoms with Crippen molar-refractivity contribution in [2.45, 2.75) is 6.42 Å². The summed E-state index contributed by atoms with van der Waals surface area (Å²) in [6.07, 6.45) is 0.324. The molecule has 1 aromatic heterocycles. The second-order valence-electron chi connectivity index (χ2n) is 2.27. The predicted octanol–water partition coefficient (Wildman–Crippen LogP) is 2.04. The Hall–Kier alpha value is -1.05. The van der Waals surface area contributed by atoms with Crippen LogP contribution in [0.4, 0.5) is 0 Å². The number of thiophene rings is 1. The molecule has 0 spiro atoms. The van der Waals surface area contributed by atoms with Crippen LogP contribution in [0.5, 0.6) is 0 Å². The third-order valence-corrected chi connectivity index (χ3v) is 2.55. The van der Waals surface area contributed by atoms with Gasteiger partial charge in [-0.2, -0.15) is 5.26 Å². The first-order valence-corrected chi connectivity index (χ1v) is 4.84. The highest BCUT2D eigenvalue weighted by Gasteiger charge is 2.06. The van der Waals surface area contributed by atoms with Crippen LogP contribution in [0.2, 0.25) is 4.34 Å². The lowest BCUT2D eigenvalue weighted by molar-refractivity contribution is 0.0958. The molecule has 0 bridgehead atoms. The Balaban J connectivity index is 2.45. The summed E-state index contributed by atoms with van der Waals surface area (Å²) in [5, 5.41) is 10.8. The Labute approximate surface area is 84.9 Å². The number of hydrogen-bond acceptors (Lipinski definition) is 3. The lowest BCUT2D eigenvalue weighted by Gasteiger charge is -1.97. The summed E-state index contributed by atoms with van der Waals surface area (Å²) in [5.41, 5.74) is 0. The molecule has 0 fully saturated rings. The third kappa shape index (κ3) is 3.05. The third-order valence-electron chi connectivity index (χ3n) is 1.32. The summed E-state index contributed by atoms with van der Waals surface area (Å²) in [5.74, 6) is -0.174. The number of hydrogen-bond donors (Lipinski definition) is 1. The van der Waals surface area contributed by atoms with Crippen molar-refractivity contribution in [3.63, 3.8) is 0 Å². The van der Waals surface area contributed by atoms with Crippen LogP contribution in [0, 0.1) is 11.3 Å². The van der Waals surface area contributed by atoms with Gasteiger partial charge >= 0.3 is 0 Å². The second kappa shape index (κ2) is 4.85. The van der Waals surface area contributed by atoms with Crippen molar-refractivity contribution in [3.05, 3.63) is 21.3 Å². The van der Waals surface area contributed by atoms with Gasteiger partial charge in [-0.15, -0.1) is 11.3 Å². The van der Waals surface area contributed by atoms with E-state index in [0.29, 0.717) is 22.2 Å². The highest BCUT2D eigenvalue weighted by Crippen LogP contribution is 2.20. The molecule has 0 unspecified atom stereocenters. The van der Waals surface area contributed by atoms with Crippen molar-refractivity contribution in [1.82, 2.24) is 5.32 Å². The van der Waals surface area contributed by atoms with Gasteiger partial charge in [-0.25, -0.2) is 0 Å². The van der Waals surface area contributed by atoms with Gasteiger partial charge in [-0.3, -0.25) is 4.79 Å². The molecule has 68 valence electrons. The van der Waals surface area contributed by atoms with Crippen LogP contribution in [0.15, 0.2) is 12.1 Å². The quantitative estimate of drug-likeness (QED) is 0.783. The van der Waals surface area contributed by atoms with Crippen molar-refractivity contribution in [2.24, 2.45) is 0 Å². The van der Waals surface area contributed by atoms with Crippen LogP contribution in [-0.2, 0) is 0 Å². The topological polar surface area (TPSA) is 52.9 Å². The summed E-state index contributed by atoms with van der Waals surface area (Å²) in [4.78, 5) is 11.8. The van der Waals surface area contributed by atoms with Crippen LogP contribution >= 0.6 is 22.9 Å². The average Bonchev–Trinajstić information content (AvgIpc) is 2.52. The molecule has 3 nitrogen and oxygen atoms in total. The van der Waals surface area contributed by atoms with Gasteiger partial charge < -0.3 is 5.32 Å². The molecule has 0 saturated carbocycles. The maximum Gasteiger partial charge on any atom is 0.261 e. The van der Waals surface area contributed by atoms with Crippen molar-refractivity contribution < 1.29 is 4.79 Å². The molecule has 0 aliphatic carbocycles. The summed E-state index contributed by atoms with van der Waals surface area (Å²) < 4.78 is 0.588. The van der Waals surface area contributed by atoms with Crippen LogP contribution in [-0.4, -0.2) is 12.5 Å². The van der Waals surface area contributed by atoms with Crippen molar-refractivity contribution in [2.75, 3.05) is 6.54 Å². The van der Waals surface area contributed by atoms with E-state index < -0.39 is 0 Å². The van der Waals surface area contributed by atoms with Gasteiger partial charge in [0.1, 0.15) is 0 Å². The Bertz CT molecular complexity index is 342. The number of carbonyl (C=O) groups excluding carboxylic acids is 1. The van der Waals surface area contributed by atoms with Gasteiger partial charge in [-0.05, 0) is 12.1 Å². The zero-order valence-corrected chi connectivity index (χ0v) is 8.28. The van der Waals surface area contributed by atoms with E-state index >= 15 is 0 Å². The molecule has 0 aliphatic rings. The van der Waals surface area contributed by atoms with Gasteiger partial charge in [0.2, 0.25) is 0 Å². The van der Waals surface area contributed by atoms with E-state index in [2.05, 4.69) is 5.32 Å². The van der Waals surface area contributed by atoms with Gasteiger partial charge in [0.05, 0.1) is 21.7 Å². The molecule has 13 heavy (non-hydrogen) atoms. The molecule has 1 aromatic rings. The number of nitrogens with zero attached hydrogens (tertiary/aromatic N) is 1. The van der Waals surface area contributed by atoms with Gasteiger partial charge in [0.15, 0.2) is 0 Å². The van der Waals surface area contributed by atoms with Crippen molar-refractivity contribution in [3.8, 4) is 6.07 Å². The summed E-state index contributed by atoms with van der Waals surface area (Å²) in [7, 11) is 0. The number of halogens is 1. The zero-order chi connectivity index (χ0) is 9.68. The SMILES string of the molecule is N#CCCNC(=O)c1ccc(Cl)s1. The molecule has 1 amide bonds. The normalized spacial score (nSPS) is 9.23. The van der Waals surface area contributed by atoms with Crippen LogP contribution in [0.25, 0.3) is 0 Å². The van der Waals surface area contributed by atoms with E-state index in [1.807, 2.05) is 6.07 Å². The number of nitrogens with one attached hydrogen (secondary N) is 1. The molecule has 1 N–H and O–H groups in total. The minimum absolute atomic E-state index is 0.174. The largest absolute Gasteiger partial charge is 0.350 e. The number of carbonyl (C=O) groups is 1. The summed E-state index contributed by atoms with van der Waals surface area (Å²) >= 11 is 6.88. The van der Waals surface area contributed by atoms with Crippen LogP contribution in [0.3, 0.4) is 0 Å². The van der Waals surface area contributed by atoms with Crippen molar-refractivity contribution >= 4 is 28.8 Å². The minimum Gasteiger partial charge on any atom is -0.350 e. The summed E-state index contributed by atoms with van der Waals surface area (Å²) in [6.45, 7) is 0.380. The molecule has 5 heteroatoms. The molecule has 1 heterocycles. The van der Waals surface area contributed by atoms with Gasteiger partial charge in [0, 0.05) is 6.54 Å². The number of nitriles is 1. The first-order valence-electron chi connectivity index (χ1n) is 3.64. The van der Waals surface area contributed by atoms with E-state index in [1.54, 1.807) is 12.1 Å². The Morgan fingerprint density at radius 1 is 1.69 bits per heavy atom. The van der Waals surface area contributed by atoms with Crippen LogP contribution < -0.4 is 5.32 Å². The Morgan fingerprint density at radius 2 is 2.46 bits per heavy atom. The standard InChI is InChI=1S/C8H7ClN2OS/c9-7-3-2-6(13-7)8(12)11-5-1-4-10/h2-3H,1,5H2,(H,11,12). The fourth-order valence-electron chi connectivity index (χ4n) is 0.755. The summed E-state index contributed by atoms with van der Waals surface area (Å²) in [6, 6.07) is 5.28. The number of rotatable bonds is 3. The molecule has 0 atom stereocenters. The van der Waals surface area contributed by atoms with E-state index in [4.69, 9.17) is 16.9 Å². The first-order chi connectivity index (χ1) is 6.24. The van der Waals surface area contributed by atoms with Gasteiger partial charge in [-0.1, -0.05) is 11.6 Å². The lowest BCUT2D eigenvalue weighted by atomic mass is 10.4. The predicted molar refractivity (Wildman–Crippen MR) is 51.9 cm³/mol. The van der Waals surface area contributed by atoms with Crippen molar-refractivity contribution in [1.29, 1.82) is 5.26 Å². The molecular weight excluding hydrogens is 208 g/mol. The monoisotopic (exact) mass is 214 g/mol. The number of amides is 1. The van der Waals surface area contributed by atoms with Crippen LogP contribution in [0.1, 0.15) is 16.1 Å². The molecule has 0 aliphatic heterocycles. The molecule has 0 aromatic carbocycles. The zero-order valence-electron chi connectivity index (χ0n) is 6.71. The smallest absolute Gasteiger partial charge is 0.261 e. The van der Waals surface area contributed by atoms with Gasteiger partial charge in [0.25, 0.3) is 5.91 Å². The molecule has 0 saturated heterocycles. The maximum absolute atomic E-state index is 11.3. The van der Waals surface area contributed by atoms with E-state index in [1.165, 1.54) is 11.3 Å². The first kappa shape index (κ1) is 10.0. The fraction of sp³-hybridized carbons (Fsp3) is 0.250. The maximum atomic E-state index is 11.3. The molecule has 0 radical (unpaired) electrons. The highest BCUT2D eigenvalue weighted by molar-refractivity contribution is 7.17. The average molecular weight is 215 g/mol. The minimum atomic E-state index is -0.174. The van der Waals surface area contributed by atoms with E-state index in [9.17, 15) is 4.79 Å². The molecule has 1 rings (SSSR count). The Kier molecular flexibility index (Phi) is 3.74. The fourth-order valence-corrected chi connectivity index (χ4v) is 1.71. The Morgan fingerprint density at radius 3 is 3.00 bits per heavy atom.